The third-order valence-corrected chi connectivity index (χ3v) is 9.21. The molecule has 34 heavy (non-hydrogen) atoms. The molecule has 6 nitrogen and oxygen atoms in total. The number of carbonyl (C=O) groups excluding carboxylic acids is 1. The third-order valence-electron chi connectivity index (χ3n) is 7.32. The summed E-state index contributed by atoms with van der Waals surface area (Å²) in [5.41, 5.74) is 4.03. The number of hydrogen-bond donors (Lipinski definition) is 1. The molecule has 1 aliphatic carbocycles. The maximum atomic E-state index is 13.8. The summed E-state index contributed by atoms with van der Waals surface area (Å²) in [7, 11) is -1.31. The quantitative estimate of drug-likeness (QED) is 0.588. The molecule has 0 aromatic heterocycles. The lowest BCUT2D eigenvalue weighted by atomic mass is 9.70. The summed E-state index contributed by atoms with van der Waals surface area (Å²) in [6.45, 7) is 4.54. The van der Waals surface area contributed by atoms with E-state index in [1.165, 1.54) is 24.8 Å². The molecule has 0 radical (unpaired) electrons. The summed E-state index contributed by atoms with van der Waals surface area (Å²) in [6, 6.07) is 13.8. The number of carbonyl (C=O) groups is 1. The molecular formula is C26H33N3O3S2. The van der Waals surface area contributed by atoms with E-state index in [2.05, 4.69) is 22.9 Å². The fourth-order valence-electron chi connectivity index (χ4n) is 5.67. The molecule has 2 fully saturated rings. The van der Waals surface area contributed by atoms with Gasteiger partial charge in [0.2, 0.25) is 0 Å². The number of anilines is 2. The molecule has 182 valence electrons. The minimum atomic E-state index is -1.31. The van der Waals surface area contributed by atoms with Crippen molar-refractivity contribution < 1.29 is 13.7 Å². The molecule has 1 saturated carbocycles. The Balaban J connectivity index is 1.44. The normalized spacial score (nSPS) is 23.0. The molecule has 2 aliphatic heterocycles. The standard InChI is InChI=1S/C26H33N3O3S2/c1-19-17-28(13-14-32-19)34(31)22-8-6-7-20(15-22)25(30)29-18-26(11-4-3-5-12-26)23-16-21(27-33-2)9-10-24(23)29/h6-10,15-16,19,27H,3-5,11-14,17-18H2,1-2H3. The fourth-order valence-corrected chi connectivity index (χ4v) is 7.34. The molecule has 1 saturated heterocycles. The number of amides is 1. The second kappa shape index (κ2) is 10.0. The lowest BCUT2D eigenvalue weighted by molar-refractivity contribution is 0.0118. The van der Waals surface area contributed by atoms with Crippen LogP contribution in [0.2, 0.25) is 0 Å². The molecule has 2 unspecified atom stereocenters. The van der Waals surface area contributed by atoms with Crippen molar-refractivity contribution in [3.8, 4) is 0 Å². The van der Waals surface area contributed by atoms with Crippen LogP contribution in [-0.2, 0) is 21.1 Å². The predicted octanol–water partition coefficient (Wildman–Crippen LogP) is 4.98. The number of fused-ring (bicyclic) bond motifs is 2. The number of nitrogens with one attached hydrogen (secondary N) is 1. The summed E-state index contributed by atoms with van der Waals surface area (Å²) < 4.78 is 24.1. The van der Waals surface area contributed by atoms with Gasteiger partial charge in [-0.1, -0.05) is 37.3 Å². The predicted molar refractivity (Wildman–Crippen MR) is 140 cm³/mol. The second-order valence-electron chi connectivity index (χ2n) is 9.62. The van der Waals surface area contributed by atoms with Crippen molar-refractivity contribution in [3.05, 3.63) is 53.6 Å². The van der Waals surface area contributed by atoms with Crippen molar-refractivity contribution in [2.75, 3.05) is 42.1 Å². The Labute approximate surface area is 209 Å². The van der Waals surface area contributed by atoms with Crippen molar-refractivity contribution in [1.29, 1.82) is 0 Å². The monoisotopic (exact) mass is 499 g/mol. The Hall–Kier alpha value is -1.87. The van der Waals surface area contributed by atoms with Crippen LogP contribution in [0, 0.1) is 0 Å². The van der Waals surface area contributed by atoms with Gasteiger partial charge in [-0.3, -0.25) is 4.79 Å². The van der Waals surface area contributed by atoms with E-state index in [1.54, 1.807) is 11.9 Å². The van der Waals surface area contributed by atoms with Gasteiger partial charge in [-0.05, 0) is 61.7 Å². The molecule has 2 aromatic carbocycles. The lowest BCUT2D eigenvalue weighted by Crippen LogP contribution is -2.42. The summed E-state index contributed by atoms with van der Waals surface area (Å²) in [5.74, 6) is -0.0107. The minimum absolute atomic E-state index is 0.0107. The molecule has 3 aliphatic rings. The van der Waals surface area contributed by atoms with Gasteiger partial charge in [0.05, 0.1) is 17.6 Å². The average molecular weight is 500 g/mol. The minimum Gasteiger partial charge on any atom is -0.376 e. The Morgan fingerprint density at radius 3 is 2.76 bits per heavy atom. The molecule has 8 heteroatoms. The van der Waals surface area contributed by atoms with Gasteiger partial charge in [-0.2, -0.15) is 0 Å². The highest BCUT2D eigenvalue weighted by atomic mass is 32.2. The number of hydrogen-bond acceptors (Lipinski definition) is 5. The van der Waals surface area contributed by atoms with Crippen LogP contribution < -0.4 is 9.62 Å². The molecule has 2 aromatic rings. The van der Waals surface area contributed by atoms with Crippen molar-refractivity contribution in [2.24, 2.45) is 0 Å². The first-order valence-electron chi connectivity index (χ1n) is 12.1. The van der Waals surface area contributed by atoms with E-state index in [4.69, 9.17) is 4.74 Å². The number of nitrogens with zero attached hydrogens (tertiary/aromatic N) is 2. The maximum Gasteiger partial charge on any atom is 0.258 e. The van der Waals surface area contributed by atoms with E-state index < -0.39 is 11.0 Å². The first-order valence-corrected chi connectivity index (χ1v) is 14.5. The van der Waals surface area contributed by atoms with Crippen molar-refractivity contribution in [1.82, 2.24) is 4.31 Å². The van der Waals surface area contributed by atoms with Gasteiger partial charge >= 0.3 is 0 Å². The molecule has 1 spiro atoms. The highest BCUT2D eigenvalue weighted by Crippen LogP contribution is 2.50. The van der Waals surface area contributed by atoms with Crippen LogP contribution in [-0.4, -0.2) is 53.0 Å². The summed E-state index contributed by atoms with van der Waals surface area (Å²) in [6.07, 6.45) is 7.98. The summed E-state index contributed by atoms with van der Waals surface area (Å²) in [4.78, 5) is 16.5. The number of rotatable bonds is 5. The number of ether oxygens (including phenoxy) is 1. The summed E-state index contributed by atoms with van der Waals surface area (Å²) >= 11 is 1.58. The van der Waals surface area contributed by atoms with Gasteiger partial charge in [-0.15, -0.1) is 0 Å². The van der Waals surface area contributed by atoms with Crippen molar-refractivity contribution >= 4 is 40.2 Å². The number of benzene rings is 2. The summed E-state index contributed by atoms with van der Waals surface area (Å²) in [5, 5.41) is 0. The van der Waals surface area contributed by atoms with E-state index in [0.29, 0.717) is 30.2 Å². The SMILES string of the molecule is CSNc1ccc2c(c1)C1(CCCCC1)CN2C(=O)c1cccc(S(=O)N2CCOC(C)C2)c1. The van der Waals surface area contributed by atoms with Crippen LogP contribution >= 0.6 is 11.9 Å². The third kappa shape index (κ3) is 4.53. The van der Waals surface area contributed by atoms with Gasteiger partial charge < -0.3 is 14.4 Å². The number of morpholine rings is 1. The van der Waals surface area contributed by atoms with Crippen LogP contribution in [0.25, 0.3) is 0 Å². The molecule has 2 heterocycles. The van der Waals surface area contributed by atoms with E-state index >= 15 is 0 Å². The van der Waals surface area contributed by atoms with Crippen molar-refractivity contribution in [2.45, 2.75) is 55.4 Å². The lowest BCUT2D eigenvalue weighted by Gasteiger charge is -2.34. The van der Waals surface area contributed by atoms with Crippen LogP contribution in [0.4, 0.5) is 11.4 Å². The Morgan fingerprint density at radius 1 is 1.18 bits per heavy atom. The first-order chi connectivity index (χ1) is 16.5. The average Bonchev–Trinajstić information content (AvgIpc) is 3.17. The molecule has 1 amide bonds. The van der Waals surface area contributed by atoms with E-state index in [0.717, 1.165) is 30.8 Å². The van der Waals surface area contributed by atoms with Gasteiger partial charge in [0, 0.05) is 48.2 Å². The smallest absolute Gasteiger partial charge is 0.258 e. The van der Waals surface area contributed by atoms with Gasteiger partial charge in [0.1, 0.15) is 11.0 Å². The largest absolute Gasteiger partial charge is 0.376 e. The van der Waals surface area contributed by atoms with Gasteiger partial charge in [-0.25, -0.2) is 8.51 Å². The Kier molecular flexibility index (Phi) is 7.02. The Morgan fingerprint density at radius 2 is 2.00 bits per heavy atom. The van der Waals surface area contributed by atoms with Crippen LogP contribution in [0.15, 0.2) is 47.4 Å². The molecule has 1 N–H and O–H groups in total. The topological polar surface area (TPSA) is 61.9 Å². The zero-order valence-electron chi connectivity index (χ0n) is 19.9. The second-order valence-corrected chi connectivity index (χ2v) is 11.7. The van der Waals surface area contributed by atoms with Crippen LogP contribution in [0.1, 0.15) is 54.9 Å². The van der Waals surface area contributed by atoms with Crippen molar-refractivity contribution in [3.63, 3.8) is 0 Å². The zero-order valence-corrected chi connectivity index (χ0v) is 21.6. The Bertz CT molecular complexity index is 1090. The van der Waals surface area contributed by atoms with Gasteiger partial charge in [0.15, 0.2) is 0 Å². The van der Waals surface area contributed by atoms with E-state index in [9.17, 15) is 9.00 Å². The van der Waals surface area contributed by atoms with Crippen LogP contribution in [0.5, 0.6) is 0 Å². The molecule has 2 atom stereocenters. The molecule has 0 bridgehead atoms. The van der Waals surface area contributed by atoms with Gasteiger partial charge in [0.25, 0.3) is 5.91 Å². The van der Waals surface area contributed by atoms with E-state index in [-0.39, 0.29) is 17.4 Å². The highest BCUT2D eigenvalue weighted by Gasteiger charge is 2.45. The zero-order chi connectivity index (χ0) is 23.7. The first kappa shape index (κ1) is 23.9. The van der Waals surface area contributed by atoms with E-state index in [1.807, 2.05) is 46.7 Å². The molecule has 5 rings (SSSR count). The highest BCUT2D eigenvalue weighted by molar-refractivity contribution is 7.99. The fraction of sp³-hybridized carbons (Fsp3) is 0.500. The van der Waals surface area contributed by atoms with Crippen LogP contribution in [0.3, 0.4) is 0 Å². The molecular weight excluding hydrogens is 466 g/mol. The maximum absolute atomic E-state index is 13.8.